The van der Waals surface area contributed by atoms with E-state index in [0.29, 0.717) is 13.0 Å². The van der Waals surface area contributed by atoms with Crippen LogP contribution >= 0.6 is 0 Å². The van der Waals surface area contributed by atoms with Crippen molar-refractivity contribution in [1.29, 1.82) is 0 Å². The van der Waals surface area contributed by atoms with Crippen molar-refractivity contribution in [3.63, 3.8) is 0 Å². The fourth-order valence-corrected chi connectivity index (χ4v) is 4.30. The second-order valence-corrected chi connectivity index (χ2v) is 6.74. The molecule has 1 N–H and O–H groups in total. The monoisotopic (exact) mass is 294 g/mol. The highest BCUT2D eigenvalue weighted by atomic mass is 16.4. The van der Waals surface area contributed by atoms with Crippen LogP contribution in [0.2, 0.25) is 0 Å². The molecule has 0 radical (unpaired) electrons. The van der Waals surface area contributed by atoms with Gasteiger partial charge in [-0.1, -0.05) is 0 Å². The molecule has 0 aromatic heterocycles. The quantitative estimate of drug-likeness (QED) is 0.831. The summed E-state index contributed by atoms with van der Waals surface area (Å²) in [7, 11) is 1.74. The Labute approximate surface area is 124 Å². The maximum Gasteiger partial charge on any atom is 0.303 e. The van der Waals surface area contributed by atoms with E-state index in [-0.39, 0.29) is 42.2 Å². The third-order valence-corrected chi connectivity index (χ3v) is 5.24. The van der Waals surface area contributed by atoms with Crippen LogP contribution in [0, 0.1) is 11.8 Å². The summed E-state index contributed by atoms with van der Waals surface area (Å²) in [5, 5.41) is 8.94. The normalized spacial score (nSPS) is 35.4. The third kappa shape index (κ3) is 2.63. The fourth-order valence-electron chi connectivity index (χ4n) is 4.30. The van der Waals surface area contributed by atoms with Gasteiger partial charge in [0.2, 0.25) is 11.8 Å². The molecule has 0 aromatic carbocycles. The van der Waals surface area contributed by atoms with Crippen LogP contribution in [0.15, 0.2) is 0 Å². The largest absolute Gasteiger partial charge is 0.481 e. The summed E-state index contributed by atoms with van der Waals surface area (Å²) in [4.78, 5) is 38.8. The Balaban J connectivity index is 1.66. The first-order valence-corrected chi connectivity index (χ1v) is 7.73. The van der Waals surface area contributed by atoms with E-state index in [1.165, 1.54) is 0 Å². The standard InChI is InChI=1S/C15H22N2O4/c1-16-8-10(7-13(16)18)15(21)17-11-2-3-12(17)5-9(4-11)6-14(19)20/h9-12H,2-8H2,1H3,(H,19,20). The Morgan fingerprint density at radius 1 is 1.24 bits per heavy atom. The zero-order chi connectivity index (χ0) is 15.1. The van der Waals surface area contributed by atoms with Crippen LogP contribution < -0.4 is 0 Å². The van der Waals surface area contributed by atoms with Crippen molar-refractivity contribution in [2.45, 2.75) is 50.6 Å². The van der Waals surface area contributed by atoms with Gasteiger partial charge in [-0.2, -0.15) is 0 Å². The number of amides is 2. The average molecular weight is 294 g/mol. The summed E-state index contributed by atoms with van der Waals surface area (Å²) in [6, 6.07) is 0.364. The molecule has 2 amide bonds. The van der Waals surface area contributed by atoms with Gasteiger partial charge < -0.3 is 14.9 Å². The number of hydrogen-bond donors (Lipinski definition) is 1. The third-order valence-electron chi connectivity index (χ3n) is 5.24. The van der Waals surface area contributed by atoms with Crippen molar-refractivity contribution in [1.82, 2.24) is 9.80 Å². The highest BCUT2D eigenvalue weighted by Crippen LogP contribution is 2.41. The topological polar surface area (TPSA) is 77.9 Å². The number of carboxylic acid groups (broad SMARTS) is 1. The van der Waals surface area contributed by atoms with Crippen LogP contribution in [0.1, 0.15) is 38.5 Å². The molecule has 2 bridgehead atoms. The van der Waals surface area contributed by atoms with E-state index < -0.39 is 5.97 Å². The van der Waals surface area contributed by atoms with Gasteiger partial charge in [-0.05, 0) is 31.6 Å². The van der Waals surface area contributed by atoms with Crippen molar-refractivity contribution < 1.29 is 19.5 Å². The summed E-state index contributed by atoms with van der Waals surface area (Å²) < 4.78 is 0. The van der Waals surface area contributed by atoms with Crippen LogP contribution in [0.3, 0.4) is 0 Å². The molecule has 6 heteroatoms. The molecular formula is C15H22N2O4. The lowest BCUT2D eigenvalue weighted by Crippen LogP contribution is -2.49. The van der Waals surface area contributed by atoms with Crippen LogP contribution in [-0.4, -0.2) is 58.4 Å². The number of rotatable bonds is 3. The first-order valence-electron chi connectivity index (χ1n) is 7.73. The smallest absolute Gasteiger partial charge is 0.303 e. The van der Waals surface area contributed by atoms with Crippen LogP contribution in [0.4, 0.5) is 0 Å². The molecule has 0 spiro atoms. The minimum absolute atomic E-state index is 0.0430. The summed E-state index contributed by atoms with van der Waals surface area (Å²) in [6.45, 7) is 0.520. The average Bonchev–Trinajstić information content (AvgIpc) is 2.87. The van der Waals surface area contributed by atoms with E-state index in [0.717, 1.165) is 25.7 Å². The molecule has 3 aliphatic heterocycles. The van der Waals surface area contributed by atoms with Crippen LogP contribution in [-0.2, 0) is 14.4 Å². The number of fused-ring (bicyclic) bond motifs is 2. The van der Waals surface area contributed by atoms with Gasteiger partial charge in [-0.15, -0.1) is 0 Å². The number of carboxylic acids is 1. The molecule has 3 atom stereocenters. The Morgan fingerprint density at radius 2 is 1.86 bits per heavy atom. The summed E-state index contributed by atoms with van der Waals surface area (Å²) in [5.41, 5.74) is 0. The SMILES string of the molecule is CN1CC(C(=O)N2C3CCC2CC(CC(=O)O)C3)CC1=O. The molecule has 3 fully saturated rings. The highest BCUT2D eigenvalue weighted by molar-refractivity contribution is 5.89. The molecule has 0 aromatic rings. The van der Waals surface area contributed by atoms with E-state index in [9.17, 15) is 14.4 Å². The predicted octanol–water partition coefficient (Wildman–Crippen LogP) is 0.709. The molecule has 3 unspecified atom stereocenters. The van der Waals surface area contributed by atoms with E-state index in [2.05, 4.69) is 0 Å². The number of piperidine rings is 1. The molecule has 6 nitrogen and oxygen atoms in total. The zero-order valence-corrected chi connectivity index (χ0v) is 12.3. The summed E-state index contributed by atoms with van der Waals surface area (Å²) in [5.74, 6) is -0.615. The Bertz CT molecular complexity index is 464. The number of aliphatic carboxylic acids is 1. The molecule has 0 aliphatic carbocycles. The summed E-state index contributed by atoms with van der Waals surface area (Å²) >= 11 is 0. The van der Waals surface area contributed by atoms with Gasteiger partial charge in [-0.25, -0.2) is 0 Å². The minimum Gasteiger partial charge on any atom is -0.481 e. The Hall–Kier alpha value is -1.59. The van der Waals surface area contributed by atoms with Crippen molar-refractivity contribution in [2.24, 2.45) is 11.8 Å². The number of carbonyl (C=O) groups excluding carboxylic acids is 2. The summed E-state index contributed by atoms with van der Waals surface area (Å²) in [6.07, 6.45) is 4.08. The minimum atomic E-state index is -0.748. The maximum atomic E-state index is 12.7. The van der Waals surface area contributed by atoms with E-state index in [1.54, 1.807) is 11.9 Å². The first kappa shape index (κ1) is 14.4. The van der Waals surface area contributed by atoms with Gasteiger partial charge in [0.25, 0.3) is 0 Å². The predicted molar refractivity (Wildman–Crippen MR) is 74.4 cm³/mol. The van der Waals surface area contributed by atoms with Crippen molar-refractivity contribution in [3.8, 4) is 0 Å². The molecule has 3 heterocycles. The molecule has 3 rings (SSSR count). The second-order valence-electron chi connectivity index (χ2n) is 6.74. The molecular weight excluding hydrogens is 272 g/mol. The van der Waals surface area contributed by atoms with Gasteiger partial charge in [0.1, 0.15) is 0 Å². The van der Waals surface area contributed by atoms with Gasteiger partial charge in [-0.3, -0.25) is 14.4 Å². The number of likely N-dealkylation sites (tertiary alicyclic amines) is 1. The number of carbonyl (C=O) groups is 3. The second kappa shape index (κ2) is 5.31. The van der Waals surface area contributed by atoms with Crippen molar-refractivity contribution in [2.75, 3.05) is 13.6 Å². The molecule has 3 aliphatic rings. The molecule has 116 valence electrons. The molecule has 0 saturated carbocycles. The van der Waals surface area contributed by atoms with E-state index in [4.69, 9.17) is 5.11 Å². The van der Waals surface area contributed by atoms with Gasteiger partial charge >= 0.3 is 5.97 Å². The van der Waals surface area contributed by atoms with Gasteiger partial charge in [0, 0.05) is 38.5 Å². The fraction of sp³-hybridized carbons (Fsp3) is 0.800. The van der Waals surface area contributed by atoms with Crippen LogP contribution in [0.25, 0.3) is 0 Å². The van der Waals surface area contributed by atoms with Crippen LogP contribution in [0.5, 0.6) is 0 Å². The lowest BCUT2D eigenvalue weighted by Gasteiger charge is -2.39. The van der Waals surface area contributed by atoms with Crippen molar-refractivity contribution in [3.05, 3.63) is 0 Å². The lowest BCUT2D eigenvalue weighted by molar-refractivity contribution is -0.142. The maximum absolute atomic E-state index is 12.7. The molecule has 21 heavy (non-hydrogen) atoms. The lowest BCUT2D eigenvalue weighted by atomic mass is 9.87. The Morgan fingerprint density at radius 3 is 2.33 bits per heavy atom. The van der Waals surface area contributed by atoms with Gasteiger partial charge in [0.15, 0.2) is 0 Å². The number of nitrogens with zero attached hydrogens (tertiary/aromatic N) is 2. The molecule has 3 saturated heterocycles. The zero-order valence-electron chi connectivity index (χ0n) is 12.3. The van der Waals surface area contributed by atoms with E-state index in [1.807, 2.05) is 4.90 Å². The Kier molecular flexibility index (Phi) is 3.63. The van der Waals surface area contributed by atoms with Gasteiger partial charge in [0.05, 0.1) is 5.92 Å². The highest BCUT2D eigenvalue weighted by Gasteiger charge is 2.46. The number of hydrogen-bond acceptors (Lipinski definition) is 3. The van der Waals surface area contributed by atoms with E-state index >= 15 is 0 Å². The van der Waals surface area contributed by atoms with Crippen molar-refractivity contribution >= 4 is 17.8 Å². The first-order chi connectivity index (χ1) is 9.95.